The Morgan fingerprint density at radius 3 is 2.10 bits per heavy atom. The summed E-state index contributed by atoms with van der Waals surface area (Å²) >= 11 is 0. The van der Waals surface area contributed by atoms with Crippen LogP contribution in [0.25, 0.3) is 0 Å². The molecular formula is C18H24N2. The van der Waals surface area contributed by atoms with Gasteiger partial charge in [0.2, 0.25) is 0 Å². The molecule has 0 atom stereocenters. The fourth-order valence-electron chi connectivity index (χ4n) is 2.48. The third kappa shape index (κ3) is 5.45. The first kappa shape index (κ1) is 16.3. The van der Waals surface area contributed by atoms with E-state index < -0.39 is 0 Å². The Balaban J connectivity index is 2.29. The van der Waals surface area contributed by atoms with Crippen LogP contribution in [0, 0.1) is 22.7 Å². The van der Waals surface area contributed by atoms with Gasteiger partial charge in [-0.25, -0.2) is 0 Å². The van der Waals surface area contributed by atoms with Crippen molar-refractivity contribution in [1.82, 2.24) is 0 Å². The molecule has 1 rings (SSSR count). The van der Waals surface area contributed by atoms with Crippen molar-refractivity contribution in [3.05, 3.63) is 34.9 Å². The topological polar surface area (TPSA) is 47.6 Å². The number of nitrogens with zero attached hydrogens (tertiary/aromatic N) is 2. The molecule has 0 unspecified atom stereocenters. The summed E-state index contributed by atoms with van der Waals surface area (Å²) in [6.45, 7) is 2.24. The molecule has 0 N–H and O–H groups in total. The third-order valence-electron chi connectivity index (χ3n) is 3.68. The minimum atomic E-state index is 0.504. The predicted octanol–water partition coefficient (Wildman–Crippen LogP) is 5.11. The van der Waals surface area contributed by atoms with Crippen LogP contribution in [0.3, 0.4) is 0 Å². The summed E-state index contributed by atoms with van der Waals surface area (Å²) in [5.41, 5.74) is 2.10. The number of unbranched alkanes of at least 4 members (excludes halogenated alkanes) is 7. The molecule has 0 bridgehead atoms. The number of hydrogen-bond donors (Lipinski definition) is 0. The summed E-state index contributed by atoms with van der Waals surface area (Å²) < 4.78 is 0. The first-order valence-electron chi connectivity index (χ1n) is 7.75. The van der Waals surface area contributed by atoms with E-state index in [1.807, 2.05) is 12.1 Å². The summed E-state index contributed by atoms with van der Waals surface area (Å²) in [5.74, 6) is 0. The highest BCUT2D eigenvalue weighted by molar-refractivity contribution is 5.50. The van der Waals surface area contributed by atoms with E-state index in [1.54, 1.807) is 6.07 Å². The molecule has 0 fully saturated rings. The molecule has 0 aliphatic carbocycles. The molecular weight excluding hydrogens is 244 g/mol. The SMILES string of the molecule is CCCCCCCCCCc1cccc(C#N)c1C#N. The maximum atomic E-state index is 9.15. The van der Waals surface area contributed by atoms with Crippen LogP contribution in [0.4, 0.5) is 0 Å². The Morgan fingerprint density at radius 2 is 1.50 bits per heavy atom. The van der Waals surface area contributed by atoms with Gasteiger partial charge in [-0.2, -0.15) is 10.5 Å². The molecule has 2 nitrogen and oxygen atoms in total. The van der Waals surface area contributed by atoms with Crippen molar-refractivity contribution in [3.63, 3.8) is 0 Å². The van der Waals surface area contributed by atoms with Crippen molar-refractivity contribution in [2.75, 3.05) is 0 Å². The maximum Gasteiger partial charge on any atom is 0.101 e. The van der Waals surface area contributed by atoms with Crippen LogP contribution in [0.2, 0.25) is 0 Å². The Kier molecular flexibility index (Phi) is 8.16. The van der Waals surface area contributed by atoms with Gasteiger partial charge in [0.25, 0.3) is 0 Å². The predicted molar refractivity (Wildman–Crippen MR) is 82.2 cm³/mol. The standard InChI is InChI=1S/C18H24N2/c1-2-3-4-5-6-7-8-9-11-16-12-10-13-17(14-19)18(16)15-20/h10,12-13H,2-9,11H2,1H3. The van der Waals surface area contributed by atoms with Crippen LogP contribution in [0.1, 0.15) is 75.0 Å². The van der Waals surface area contributed by atoms with Gasteiger partial charge in [0.1, 0.15) is 12.1 Å². The van der Waals surface area contributed by atoms with Crippen LogP contribution in [0.15, 0.2) is 18.2 Å². The number of aryl methyl sites for hydroxylation is 1. The zero-order chi connectivity index (χ0) is 14.6. The summed E-state index contributed by atoms with van der Waals surface area (Å²) in [6, 6.07) is 9.83. The fraction of sp³-hybridized carbons (Fsp3) is 0.556. The van der Waals surface area contributed by atoms with Gasteiger partial charge in [-0.3, -0.25) is 0 Å². The third-order valence-corrected chi connectivity index (χ3v) is 3.68. The van der Waals surface area contributed by atoms with E-state index in [4.69, 9.17) is 10.5 Å². The minimum absolute atomic E-state index is 0.504. The summed E-state index contributed by atoms with van der Waals surface area (Å²) in [6.07, 6.45) is 11.2. The molecule has 106 valence electrons. The average Bonchev–Trinajstić information content (AvgIpc) is 2.49. The molecule has 0 amide bonds. The molecule has 0 saturated carbocycles. The van der Waals surface area contributed by atoms with Crippen molar-refractivity contribution in [2.24, 2.45) is 0 Å². The van der Waals surface area contributed by atoms with Gasteiger partial charge < -0.3 is 0 Å². The van der Waals surface area contributed by atoms with Gasteiger partial charge in [0.05, 0.1) is 11.1 Å². The molecule has 1 aromatic rings. The summed E-state index contributed by atoms with van der Waals surface area (Å²) in [4.78, 5) is 0. The van der Waals surface area contributed by atoms with E-state index in [0.29, 0.717) is 11.1 Å². The second-order valence-electron chi connectivity index (χ2n) is 5.29. The lowest BCUT2D eigenvalue weighted by atomic mass is 9.97. The number of hydrogen-bond acceptors (Lipinski definition) is 2. The molecule has 0 spiro atoms. The van der Waals surface area contributed by atoms with Gasteiger partial charge >= 0.3 is 0 Å². The quantitative estimate of drug-likeness (QED) is 0.584. The van der Waals surface area contributed by atoms with Gasteiger partial charge in [-0.05, 0) is 24.5 Å². The molecule has 0 radical (unpaired) electrons. The van der Waals surface area contributed by atoms with Gasteiger partial charge in [0, 0.05) is 0 Å². The van der Waals surface area contributed by atoms with Crippen LogP contribution >= 0.6 is 0 Å². The molecule has 20 heavy (non-hydrogen) atoms. The average molecular weight is 268 g/mol. The van der Waals surface area contributed by atoms with Crippen LogP contribution in [-0.2, 0) is 6.42 Å². The zero-order valence-electron chi connectivity index (χ0n) is 12.5. The number of rotatable bonds is 9. The lowest BCUT2D eigenvalue weighted by molar-refractivity contribution is 0.575. The van der Waals surface area contributed by atoms with Crippen molar-refractivity contribution >= 4 is 0 Å². The molecule has 0 aliphatic rings. The normalized spacial score (nSPS) is 9.95. The Morgan fingerprint density at radius 1 is 0.850 bits per heavy atom. The number of nitriles is 2. The van der Waals surface area contributed by atoms with Crippen molar-refractivity contribution < 1.29 is 0 Å². The highest BCUT2D eigenvalue weighted by atomic mass is 14.3. The second-order valence-corrected chi connectivity index (χ2v) is 5.29. The van der Waals surface area contributed by atoms with E-state index >= 15 is 0 Å². The van der Waals surface area contributed by atoms with E-state index in [9.17, 15) is 0 Å². The molecule has 0 aromatic heterocycles. The smallest absolute Gasteiger partial charge is 0.101 e. The summed E-state index contributed by atoms with van der Waals surface area (Å²) in [5, 5.41) is 18.1. The van der Waals surface area contributed by atoms with Crippen LogP contribution in [0.5, 0.6) is 0 Å². The van der Waals surface area contributed by atoms with Crippen LogP contribution in [-0.4, -0.2) is 0 Å². The Bertz CT molecular complexity index is 477. The van der Waals surface area contributed by atoms with E-state index in [2.05, 4.69) is 19.1 Å². The Hall–Kier alpha value is -1.80. The fourth-order valence-corrected chi connectivity index (χ4v) is 2.48. The van der Waals surface area contributed by atoms with E-state index in [1.165, 1.54) is 44.9 Å². The van der Waals surface area contributed by atoms with Gasteiger partial charge in [-0.15, -0.1) is 0 Å². The summed E-state index contributed by atoms with van der Waals surface area (Å²) in [7, 11) is 0. The first-order valence-corrected chi connectivity index (χ1v) is 7.75. The monoisotopic (exact) mass is 268 g/mol. The lowest BCUT2D eigenvalue weighted by Gasteiger charge is -2.05. The highest BCUT2D eigenvalue weighted by Gasteiger charge is 2.06. The van der Waals surface area contributed by atoms with Crippen LogP contribution < -0.4 is 0 Å². The molecule has 2 heteroatoms. The minimum Gasteiger partial charge on any atom is -0.192 e. The lowest BCUT2D eigenvalue weighted by Crippen LogP contribution is -1.94. The largest absolute Gasteiger partial charge is 0.192 e. The molecule has 0 heterocycles. The maximum absolute atomic E-state index is 9.15. The first-order chi connectivity index (χ1) is 9.83. The zero-order valence-corrected chi connectivity index (χ0v) is 12.5. The Labute approximate surface area is 123 Å². The number of benzene rings is 1. The molecule has 0 aliphatic heterocycles. The molecule has 0 saturated heterocycles. The van der Waals surface area contributed by atoms with Gasteiger partial charge in [-0.1, -0.05) is 64.0 Å². The second kappa shape index (κ2) is 10.0. The van der Waals surface area contributed by atoms with Gasteiger partial charge in [0.15, 0.2) is 0 Å². The molecule has 1 aromatic carbocycles. The van der Waals surface area contributed by atoms with E-state index in [0.717, 1.165) is 18.4 Å². The van der Waals surface area contributed by atoms with Crippen molar-refractivity contribution in [3.8, 4) is 12.1 Å². The van der Waals surface area contributed by atoms with Crippen molar-refractivity contribution in [2.45, 2.75) is 64.7 Å². The highest BCUT2D eigenvalue weighted by Crippen LogP contribution is 2.17. The van der Waals surface area contributed by atoms with E-state index in [-0.39, 0.29) is 0 Å². The van der Waals surface area contributed by atoms with Crippen molar-refractivity contribution in [1.29, 1.82) is 10.5 Å².